The zero-order chi connectivity index (χ0) is 18.6. The largest absolute Gasteiger partial charge is 0.384 e. The first-order valence-corrected chi connectivity index (χ1v) is 9.36. The predicted molar refractivity (Wildman–Crippen MR) is 98.0 cm³/mol. The zero-order valence-electron chi connectivity index (χ0n) is 16.1. The van der Waals surface area contributed by atoms with E-state index in [1.54, 1.807) is 26.6 Å². The number of hydrogen-bond donors (Lipinski definition) is 0. The molecule has 0 aromatic carbocycles. The lowest BCUT2D eigenvalue weighted by Gasteiger charge is -2.42. The van der Waals surface area contributed by atoms with E-state index in [4.69, 9.17) is 9.47 Å². The van der Waals surface area contributed by atoms with Crippen LogP contribution in [-0.2, 0) is 9.47 Å². The first kappa shape index (κ1) is 19.2. The van der Waals surface area contributed by atoms with Gasteiger partial charge in [0.05, 0.1) is 25.1 Å². The number of rotatable bonds is 6. The highest BCUT2D eigenvalue weighted by Crippen LogP contribution is 2.44. The van der Waals surface area contributed by atoms with Crippen LogP contribution in [0.5, 0.6) is 0 Å². The van der Waals surface area contributed by atoms with E-state index in [0.717, 1.165) is 64.5 Å². The minimum atomic E-state index is -0.00937. The number of likely N-dealkylation sites (tertiary alicyclic amines) is 2. The van der Waals surface area contributed by atoms with Gasteiger partial charge in [-0.2, -0.15) is 0 Å². The Morgan fingerprint density at radius 2 is 2.00 bits per heavy atom. The Kier molecular flexibility index (Phi) is 6.21. The molecule has 1 unspecified atom stereocenters. The Balaban J connectivity index is 1.63. The molecule has 7 heteroatoms. The molecule has 0 bridgehead atoms. The van der Waals surface area contributed by atoms with Gasteiger partial charge in [0, 0.05) is 59.1 Å². The summed E-state index contributed by atoms with van der Waals surface area (Å²) in [5, 5.41) is 0. The number of carbonyl (C=O) groups is 1. The molecule has 1 spiro atoms. The normalized spacial score (nSPS) is 22.9. The van der Waals surface area contributed by atoms with Crippen molar-refractivity contribution in [3.05, 3.63) is 23.8 Å². The molecule has 2 aliphatic rings. The first-order chi connectivity index (χ1) is 12.6. The van der Waals surface area contributed by atoms with Crippen LogP contribution in [0.25, 0.3) is 0 Å². The number of carbonyl (C=O) groups excluding carboxylic acids is 1. The van der Waals surface area contributed by atoms with Crippen molar-refractivity contribution in [3.63, 3.8) is 0 Å². The first-order valence-electron chi connectivity index (χ1n) is 9.36. The van der Waals surface area contributed by atoms with Crippen molar-refractivity contribution in [1.82, 2.24) is 19.8 Å². The Hall–Kier alpha value is -1.57. The van der Waals surface area contributed by atoms with Gasteiger partial charge in [0.15, 0.2) is 0 Å². The third kappa shape index (κ3) is 4.05. The van der Waals surface area contributed by atoms with Gasteiger partial charge in [0.1, 0.15) is 5.69 Å². The Morgan fingerprint density at radius 1 is 1.23 bits per heavy atom. The van der Waals surface area contributed by atoms with Crippen LogP contribution in [0.2, 0.25) is 0 Å². The van der Waals surface area contributed by atoms with Crippen molar-refractivity contribution in [3.8, 4) is 0 Å². The predicted octanol–water partition coefficient (Wildman–Crippen LogP) is 1.23. The Bertz CT molecular complexity index is 599. The van der Waals surface area contributed by atoms with Gasteiger partial charge < -0.3 is 19.3 Å². The summed E-state index contributed by atoms with van der Waals surface area (Å²) in [4.78, 5) is 25.5. The van der Waals surface area contributed by atoms with Crippen molar-refractivity contribution < 1.29 is 14.3 Å². The van der Waals surface area contributed by atoms with Crippen molar-refractivity contribution in [2.24, 2.45) is 11.3 Å². The number of nitrogens with zero attached hydrogens (tertiary/aromatic N) is 4. The molecule has 1 aromatic rings. The second-order valence-corrected chi connectivity index (χ2v) is 7.58. The number of aryl methyl sites for hydroxylation is 1. The summed E-state index contributed by atoms with van der Waals surface area (Å²) >= 11 is 0. The fourth-order valence-electron chi connectivity index (χ4n) is 4.35. The van der Waals surface area contributed by atoms with Gasteiger partial charge in [0.25, 0.3) is 5.91 Å². The van der Waals surface area contributed by atoms with E-state index in [-0.39, 0.29) is 11.3 Å². The van der Waals surface area contributed by atoms with Gasteiger partial charge in [-0.1, -0.05) is 0 Å². The monoisotopic (exact) mass is 362 g/mol. The summed E-state index contributed by atoms with van der Waals surface area (Å²) in [5.74, 6) is 0.505. The molecule has 0 N–H and O–H groups in total. The molecule has 3 heterocycles. The second kappa shape index (κ2) is 8.41. The van der Waals surface area contributed by atoms with E-state index >= 15 is 0 Å². The van der Waals surface area contributed by atoms with Crippen LogP contribution in [0.4, 0.5) is 0 Å². The summed E-state index contributed by atoms with van der Waals surface area (Å²) < 4.78 is 10.7. The van der Waals surface area contributed by atoms with Gasteiger partial charge >= 0.3 is 0 Å². The topological polar surface area (TPSA) is 67.8 Å². The van der Waals surface area contributed by atoms with Crippen molar-refractivity contribution >= 4 is 5.91 Å². The van der Waals surface area contributed by atoms with Crippen molar-refractivity contribution in [1.29, 1.82) is 0 Å². The highest BCUT2D eigenvalue weighted by Gasteiger charge is 2.48. The Labute approximate surface area is 155 Å². The Morgan fingerprint density at radius 3 is 2.62 bits per heavy atom. The highest BCUT2D eigenvalue weighted by molar-refractivity contribution is 5.92. The van der Waals surface area contributed by atoms with Crippen LogP contribution >= 0.6 is 0 Å². The fourth-order valence-corrected chi connectivity index (χ4v) is 4.35. The quantitative estimate of drug-likeness (QED) is 0.758. The van der Waals surface area contributed by atoms with E-state index in [1.165, 1.54) is 0 Å². The van der Waals surface area contributed by atoms with Crippen molar-refractivity contribution in [2.75, 3.05) is 60.2 Å². The molecule has 1 aromatic heterocycles. The number of aromatic nitrogens is 2. The van der Waals surface area contributed by atoms with E-state index in [1.807, 2.05) is 11.8 Å². The average molecular weight is 362 g/mol. The van der Waals surface area contributed by atoms with E-state index in [2.05, 4.69) is 14.9 Å². The zero-order valence-corrected chi connectivity index (χ0v) is 16.1. The number of amides is 1. The molecule has 0 aliphatic carbocycles. The molecule has 1 amide bonds. The molecule has 7 nitrogen and oxygen atoms in total. The number of ether oxygens (including phenoxy) is 2. The molecule has 0 saturated carbocycles. The number of hydrogen-bond acceptors (Lipinski definition) is 6. The maximum atomic E-state index is 12.7. The fraction of sp³-hybridized carbons (Fsp3) is 0.737. The molecule has 2 aliphatic heterocycles. The van der Waals surface area contributed by atoms with Crippen LogP contribution in [0.15, 0.2) is 12.4 Å². The standard InChI is InChI=1S/C19H30N4O3/c1-15-10-21-17(11-20-15)18(24)23-6-4-19(5-7-23)14-22(8-9-25-2)12-16(19)13-26-3/h10-11,16H,4-9,12-14H2,1-3H3. The smallest absolute Gasteiger partial charge is 0.274 e. The van der Waals surface area contributed by atoms with E-state index < -0.39 is 0 Å². The maximum Gasteiger partial charge on any atom is 0.274 e. The van der Waals surface area contributed by atoms with Crippen LogP contribution in [0, 0.1) is 18.3 Å². The minimum Gasteiger partial charge on any atom is -0.384 e. The number of methoxy groups -OCH3 is 2. The van der Waals surface area contributed by atoms with Gasteiger partial charge in [-0.15, -0.1) is 0 Å². The van der Waals surface area contributed by atoms with Gasteiger partial charge in [-0.05, 0) is 25.2 Å². The number of piperidine rings is 1. The van der Waals surface area contributed by atoms with Crippen LogP contribution in [0.1, 0.15) is 29.0 Å². The molecule has 26 heavy (non-hydrogen) atoms. The van der Waals surface area contributed by atoms with Gasteiger partial charge in [0.2, 0.25) is 0 Å². The maximum absolute atomic E-state index is 12.7. The summed E-state index contributed by atoms with van der Waals surface area (Å²) in [6, 6.07) is 0. The molecule has 144 valence electrons. The minimum absolute atomic E-state index is 0.00937. The molecule has 2 fully saturated rings. The van der Waals surface area contributed by atoms with Crippen LogP contribution in [-0.4, -0.2) is 85.8 Å². The second-order valence-electron chi connectivity index (χ2n) is 7.58. The van der Waals surface area contributed by atoms with Crippen molar-refractivity contribution in [2.45, 2.75) is 19.8 Å². The molecular formula is C19H30N4O3. The van der Waals surface area contributed by atoms with Crippen LogP contribution < -0.4 is 0 Å². The molecule has 2 saturated heterocycles. The lowest BCUT2D eigenvalue weighted by atomic mass is 9.71. The van der Waals surface area contributed by atoms with Gasteiger partial charge in [-0.25, -0.2) is 4.98 Å². The lowest BCUT2D eigenvalue weighted by molar-refractivity contribution is 0.0317. The summed E-state index contributed by atoms with van der Waals surface area (Å²) in [5.41, 5.74) is 1.50. The molecule has 3 rings (SSSR count). The SMILES string of the molecule is COCCN1CC(COC)C2(CCN(C(=O)c3cnc(C)cn3)CC2)C1. The summed E-state index contributed by atoms with van der Waals surface area (Å²) in [7, 11) is 3.52. The van der Waals surface area contributed by atoms with E-state index in [0.29, 0.717) is 11.6 Å². The molecule has 0 radical (unpaired) electrons. The lowest BCUT2D eigenvalue weighted by Crippen LogP contribution is -2.47. The third-order valence-electron chi connectivity index (χ3n) is 5.91. The van der Waals surface area contributed by atoms with E-state index in [9.17, 15) is 4.79 Å². The summed E-state index contributed by atoms with van der Waals surface area (Å²) in [6.07, 6.45) is 5.25. The molecular weight excluding hydrogens is 332 g/mol. The summed E-state index contributed by atoms with van der Waals surface area (Å²) in [6.45, 7) is 8.02. The average Bonchev–Trinajstić information content (AvgIpc) is 2.98. The highest BCUT2D eigenvalue weighted by atomic mass is 16.5. The van der Waals surface area contributed by atoms with Crippen LogP contribution in [0.3, 0.4) is 0 Å². The third-order valence-corrected chi connectivity index (χ3v) is 5.91. The van der Waals surface area contributed by atoms with Gasteiger partial charge in [-0.3, -0.25) is 9.78 Å². The molecule has 1 atom stereocenters.